The summed E-state index contributed by atoms with van der Waals surface area (Å²) in [7, 11) is 1.85. The van der Waals surface area contributed by atoms with Gasteiger partial charge in [-0.1, -0.05) is 54.6 Å². The molecule has 0 aliphatic carbocycles. The molecule has 8 heteroatoms. The topological polar surface area (TPSA) is 69.0 Å². The number of anilines is 1. The van der Waals surface area contributed by atoms with Gasteiger partial charge in [-0.3, -0.25) is 4.79 Å². The Morgan fingerprint density at radius 1 is 1.18 bits per heavy atom. The number of nitrogens with zero attached hydrogens (tertiary/aromatic N) is 3. The van der Waals surface area contributed by atoms with E-state index >= 15 is 0 Å². The van der Waals surface area contributed by atoms with Crippen LogP contribution in [0.2, 0.25) is 5.02 Å². The monoisotopic (exact) mass is 416 g/mol. The maximum absolute atomic E-state index is 12.1. The molecule has 3 aromatic rings. The van der Waals surface area contributed by atoms with E-state index in [0.29, 0.717) is 28.3 Å². The number of amides is 1. The summed E-state index contributed by atoms with van der Waals surface area (Å²) >= 11 is 7.36. The van der Waals surface area contributed by atoms with E-state index in [0.717, 1.165) is 12.2 Å². The molecule has 0 saturated carbocycles. The third-order valence-corrected chi connectivity index (χ3v) is 5.45. The Kier molecular flexibility index (Phi) is 6.95. The van der Waals surface area contributed by atoms with E-state index in [-0.39, 0.29) is 11.7 Å². The number of benzene rings is 2. The van der Waals surface area contributed by atoms with Crippen molar-refractivity contribution in [1.29, 1.82) is 0 Å². The van der Waals surface area contributed by atoms with Crippen LogP contribution in [-0.4, -0.2) is 26.4 Å². The number of halogens is 1. The maximum atomic E-state index is 12.1. The Balaban J connectivity index is 1.52. The van der Waals surface area contributed by atoms with Gasteiger partial charge in [0.05, 0.1) is 16.5 Å². The highest BCUT2D eigenvalue weighted by Crippen LogP contribution is 2.22. The molecule has 146 valence electrons. The molecule has 3 rings (SSSR count). The summed E-state index contributed by atoms with van der Waals surface area (Å²) in [4.78, 5) is 12.1. The van der Waals surface area contributed by atoms with Crippen molar-refractivity contribution in [3.8, 4) is 5.75 Å². The molecule has 0 aliphatic rings. The van der Waals surface area contributed by atoms with Gasteiger partial charge < -0.3 is 14.6 Å². The van der Waals surface area contributed by atoms with Gasteiger partial charge >= 0.3 is 0 Å². The summed E-state index contributed by atoms with van der Waals surface area (Å²) in [6.45, 7) is 2.42. The summed E-state index contributed by atoms with van der Waals surface area (Å²) in [5.41, 5.74) is 1.86. The van der Waals surface area contributed by atoms with E-state index < -0.39 is 0 Å². The predicted octanol–water partition coefficient (Wildman–Crippen LogP) is 4.34. The quantitative estimate of drug-likeness (QED) is 0.553. The highest BCUT2D eigenvalue weighted by atomic mass is 35.5. The molecule has 1 aromatic heterocycles. The molecule has 0 fully saturated rings. The van der Waals surface area contributed by atoms with Crippen molar-refractivity contribution in [3.63, 3.8) is 0 Å². The molecule has 0 radical (unpaired) electrons. The lowest BCUT2D eigenvalue weighted by Gasteiger charge is -2.08. The van der Waals surface area contributed by atoms with Gasteiger partial charge in [-0.05, 0) is 36.2 Å². The van der Waals surface area contributed by atoms with E-state index in [1.807, 2.05) is 48.0 Å². The highest BCUT2D eigenvalue weighted by Gasteiger charge is 2.13. The molecular weight excluding hydrogens is 396 g/mol. The zero-order valence-electron chi connectivity index (χ0n) is 15.7. The van der Waals surface area contributed by atoms with Crippen LogP contribution in [0.15, 0.2) is 53.7 Å². The molecule has 6 nitrogen and oxygen atoms in total. The van der Waals surface area contributed by atoms with E-state index in [1.54, 1.807) is 12.1 Å². The molecule has 0 aliphatic heterocycles. The minimum atomic E-state index is -0.157. The van der Waals surface area contributed by atoms with E-state index in [9.17, 15) is 4.79 Å². The number of thioether (sulfide) groups is 1. The number of ether oxygens (including phenoxy) is 1. The van der Waals surface area contributed by atoms with E-state index in [2.05, 4.69) is 22.4 Å². The SMILES string of the molecule is CCc1ccc(OCc2nnc(SCC(=O)Nc3ccccc3Cl)n2C)cc1. The molecule has 1 heterocycles. The summed E-state index contributed by atoms with van der Waals surface area (Å²) < 4.78 is 7.60. The Hall–Kier alpha value is -2.51. The molecule has 0 bridgehead atoms. The second-order valence-electron chi connectivity index (χ2n) is 6.06. The molecule has 0 spiro atoms. The van der Waals surface area contributed by atoms with Crippen molar-refractivity contribution in [2.75, 3.05) is 11.1 Å². The normalized spacial score (nSPS) is 10.7. The number of carbonyl (C=O) groups is 1. The van der Waals surface area contributed by atoms with Gasteiger partial charge in [0.15, 0.2) is 11.0 Å². The number of para-hydroxylation sites is 1. The first-order chi connectivity index (χ1) is 13.6. The fourth-order valence-electron chi connectivity index (χ4n) is 2.44. The van der Waals surface area contributed by atoms with Crippen LogP contribution in [0.3, 0.4) is 0 Å². The highest BCUT2D eigenvalue weighted by molar-refractivity contribution is 7.99. The van der Waals surface area contributed by atoms with E-state index in [1.165, 1.54) is 17.3 Å². The van der Waals surface area contributed by atoms with E-state index in [4.69, 9.17) is 16.3 Å². The average Bonchev–Trinajstić information content (AvgIpc) is 3.06. The molecule has 0 unspecified atom stereocenters. The molecular formula is C20H21ClN4O2S. The van der Waals surface area contributed by atoms with Crippen LogP contribution in [0.4, 0.5) is 5.69 Å². The van der Waals surface area contributed by atoms with Gasteiger partial charge in [0.2, 0.25) is 5.91 Å². The molecule has 2 aromatic carbocycles. The number of aromatic nitrogens is 3. The minimum Gasteiger partial charge on any atom is -0.486 e. The van der Waals surface area contributed by atoms with Gasteiger partial charge in [0.25, 0.3) is 0 Å². The van der Waals surface area contributed by atoms with Gasteiger partial charge in [-0.15, -0.1) is 10.2 Å². The molecule has 28 heavy (non-hydrogen) atoms. The maximum Gasteiger partial charge on any atom is 0.234 e. The van der Waals surface area contributed by atoms with Crippen molar-refractivity contribution >= 4 is 35.0 Å². The van der Waals surface area contributed by atoms with Crippen LogP contribution >= 0.6 is 23.4 Å². The lowest BCUT2D eigenvalue weighted by atomic mass is 10.2. The molecule has 0 atom stereocenters. The largest absolute Gasteiger partial charge is 0.486 e. The lowest BCUT2D eigenvalue weighted by molar-refractivity contribution is -0.113. The van der Waals surface area contributed by atoms with Gasteiger partial charge in [0, 0.05) is 7.05 Å². The summed E-state index contributed by atoms with van der Waals surface area (Å²) in [5.74, 6) is 1.52. The smallest absolute Gasteiger partial charge is 0.234 e. The fraction of sp³-hybridized carbons (Fsp3) is 0.250. The Morgan fingerprint density at radius 3 is 2.64 bits per heavy atom. The lowest BCUT2D eigenvalue weighted by Crippen LogP contribution is -2.14. The minimum absolute atomic E-state index is 0.157. The van der Waals surface area contributed by atoms with Crippen LogP contribution in [0, 0.1) is 0 Å². The van der Waals surface area contributed by atoms with Crippen molar-refractivity contribution in [2.24, 2.45) is 7.05 Å². The number of rotatable bonds is 8. The van der Waals surface area contributed by atoms with Crippen LogP contribution in [0.5, 0.6) is 5.75 Å². The number of hydrogen-bond donors (Lipinski definition) is 1. The zero-order valence-corrected chi connectivity index (χ0v) is 17.3. The first-order valence-electron chi connectivity index (χ1n) is 8.84. The van der Waals surface area contributed by atoms with Crippen LogP contribution in [0.1, 0.15) is 18.3 Å². The first-order valence-corrected chi connectivity index (χ1v) is 10.2. The predicted molar refractivity (Wildman–Crippen MR) is 112 cm³/mol. The third kappa shape index (κ3) is 5.27. The van der Waals surface area contributed by atoms with Crippen molar-refractivity contribution < 1.29 is 9.53 Å². The van der Waals surface area contributed by atoms with Crippen molar-refractivity contribution in [2.45, 2.75) is 25.1 Å². The fourth-order valence-corrected chi connectivity index (χ4v) is 3.36. The Morgan fingerprint density at radius 2 is 1.93 bits per heavy atom. The average molecular weight is 417 g/mol. The van der Waals surface area contributed by atoms with Crippen molar-refractivity contribution in [1.82, 2.24) is 14.8 Å². The summed E-state index contributed by atoms with van der Waals surface area (Å²) in [6, 6.07) is 15.1. The summed E-state index contributed by atoms with van der Waals surface area (Å²) in [5, 5.41) is 12.2. The molecule has 0 saturated heterocycles. The van der Waals surface area contributed by atoms with Crippen LogP contribution in [-0.2, 0) is 24.9 Å². The third-order valence-electron chi connectivity index (χ3n) is 4.10. The molecule has 1 amide bonds. The molecule has 1 N–H and O–H groups in total. The Labute approximate surface area is 173 Å². The number of aryl methyl sites for hydroxylation is 1. The van der Waals surface area contributed by atoms with Gasteiger partial charge in [0.1, 0.15) is 12.4 Å². The standard InChI is InChI=1S/C20H21ClN4O2S/c1-3-14-8-10-15(11-9-14)27-12-18-23-24-20(25(18)2)28-13-19(26)22-17-7-5-4-6-16(17)21/h4-11H,3,12-13H2,1-2H3,(H,22,26). The van der Waals surface area contributed by atoms with Crippen molar-refractivity contribution in [3.05, 3.63) is 64.9 Å². The number of hydrogen-bond acceptors (Lipinski definition) is 5. The second kappa shape index (κ2) is 9.61. The van der Waals surface area contributed by atoms with Crippen LogP contribution in [0.25, 0.3) is 0 Å². The number of nitrogens with one attached hydrogen (secondary N) is 1. The Bertz CT molecular complexity index is 944. The number of carbonyl (C=O) groups excluding carboxylic acids is 1. The van der Waals surface area contributed by atoms with Gasteiger partial charge in [-0.25, -0.2) is 0 Å². The second-order valence-corrected chi connectivity index (χ2v) is 7.41. The van der Waals surface area contributed by atoms with Gasteiger partial charge in [-0.2, -0.15) is 0 Å². The summed E-state index contributed by atoms with van der Waals surface area (Å²) in [6.07, 6.45) is 0.994. The van der Waals surface area contributed by atoms with Crippen LogP contribution < -0.4 is 10.1 Å². The zero-order chi connectivity index (χ0) is 19.9. The first kappa shape index (κ1) is 20.2.